The highest BCUT2D eigenvalue weighted by atomic mass is 35.5. The molecule has 0 aliphatic heterocycles. The van der Waals surface area contributed by atoms with Crippen molar-refractivity contribution in [2.45, 2.75) is 6.92 Å². The molecule has 4 rings (SSSR count). The van der Waals surface area contributed by atoms with Crippen LogP contribution < -0.4 is 10.1 Å². The van der Waals surface area contributed by atoms with Crippen LogP contribution in [0.2, 0.25) is 5.02 Å². The Bertz CT molecular complexity index is 1090. The van der Waals surface area contributed by atoms with Crippen molar-refractivity contribution in [2.24, 2.45) is 0 Å². The molecule has 26 heavy (non-hydrogen) atoms. The van der Waals surface area contributed by atoms with Gasteiger partial charge in [0.15, 0.2) is 5.65 Å². The van der Waals surface area contributed by atoms with Crippen LogP contribution in [0.15, 0.2) is 60.8 Å². The maximum absolute atomic E-state index is 6.11. The Morgan fingerprint density at radius 2 is 1.92 bits per heavy atom. The Morgan fingerprint density at radius 3 is 2.73 bits per heavy atom. The molecule has 0 amide bonds. The molecule has 0 saturated carbocycles. The average Bonchev–Trinajstić information content (AvgIpc) is 3.03. The number of nitrogens with zero attached hydrogens (tertiary/aromatic N) is 3. The third-order valence-electron chi connectivity index (χ3n) is 4.13. The molecule has 0 saturated heterocycles. The van der Waals surface area contributed by atoms with E-state index in [9.17, 15) is 0 Å². The fourth-order valence-corrected chi connectivity index (χ4v) is 3.06. The van der Waals surface area contributed by atoms with Crippen molar-refractivity contribution < 1.29 is 4.74 Å². The third kappa shape index (κ3) is 2.97. The summed E-state index contributed by atoms with van der Waals surface area (Å²) in [7, 11) is 1.66. The van der Waals surface area contributed by atoms with Gasteiger partial charge in [-0.25, -0.2) is 4.98 Å². The predicted octanol–water partition coefficient (Wildman–Crippen LogP) is 5.11. The molecule has 0 spiro atoms. The van der Waals surface area contributed by atoms with Crippen LogP contribution in [0.4, 0.5) is 11.5 Å². The summed E-state index contributed by atoms with van der Waals surface area (Å²) < 4.78 is 7.28. The third-order valence-corrected chi connectivity index (χ3v) is 4.36. The summed E-state index contributed by atoms with van der Waals surface area (Å²) in [5, 5.41) is 8.49. The SMILES string of the molecule is COc1ccccc1-c1cc(Nc2cccc(Cl)c2)n2ncc(C)c2n1. The molecule has 0 bridgehead atoms. The first kappa shape index (κ1) is 16.4. The highest BCUT2D eigenvalue weighted by Gasteiger charge is 2.13. The van der Waals surface area contributed by atoms with Gasteiger partial charge in [-0.3, -0.25) is 0 Å². The first-order chi connectivity index (χ1) is 12.7. The van der Waals surface area contributed by atoms with Crippen LogP contribution in [0.25, 0.3) is 16.9 Å². The van der Waals surface area contributed by atoms with E-state index in [1.807, 2.05) is 61.5 Å². The topological polar surface area (TPSA) is 51.5 Å². The number of aromatic nitrogens is 3. The average molecular weight is 365 g/mol. The van der Waals surface area contributed by atoms with Crippen LogP contribution in [0.5, 0.6) is 5.75 Å². The first-order valence-corrected chi connectivity index (χ1v) is 8.55. The Balaban J connectivity index is 1.89. The summed E-state index contributed by atoms with van der Waals surface area (Å²) in [4.78, 5) is 4.79. The molecule has 2 heterocycles. The van der Waals surface area contributed by atoms with Crippen LogP contribution in [0.1, 0.15) is 5.56 Å². The number of benzene rings is 2. The maximum Gasteiger partial charge on any atom is 0.160 e. The number of aryl methyl sites for hydroxylation is 1. The van der Waals surface area contributed by atoms with Gasteiger partial charge in [-0.2, -0.15) is 9.61 Å². The molecule has 0 aliphatic rings. The van der Waals surface area contributed by atoms with Gasteiger partial charge in [-0.1, -0.05) is 29.8 Å². The number of methoxy groups -OCH3 is 1. The Labute approximate surface area is 156 Å². The van der Waals surface area contributed by atoms with Crippen LogP contribution >= 0.6 is 11.6 Å². The zero-order chi connectivity index (χ0) is 18.1. The Kier molecular flexibility index (Phi) is 4.22. The van der Waals surface area contributed by atoms with Crippen molar-refractivity contribution in [2.75, 3.05) is 12.4 Å². The number of halogens is 1. The lowest BCUT2D eigenvalue weighted by atomic mass is 10.1. The first-order valence-electron chi connectivity index (χ1n) is 8.17. The van der Waals surface area contributed by atoms with Gasteiger partial charge in [0.05, 0.1) is 19.0 Å². The molecular weight excluding hydrogens is 348 g/mol. The van der Waals surface area contributed by atoms with Gasteiger partial charge < -0.3 is 10.1 Å². The van der Waals surface area contributed by atoms with Crippen LogP contribution in [0.3, 0.4) is 0 Å². The number of nitrogens with one attached hydrogen (secondary N) is 1. The molecule has 0 radical (unpaired) electrons. The van der Waals surface area contributed by atoms with E-state index in [0.29, 0.717) is 5.02 Å². The lowest BCUT2D eigenvalue weighted by molar-refractivity contribution is 0.416. The van der Waals surface area contributed by atoms with E-state index >= 15 is 0 Å². The summed E-state index contributed by atoms with van der Waals surface area (Å²) >= 11 is 6.11. The molecule has 0 unspecified atom stereocenters. The van der Waals surface area contributed by atoms with Gasteiger partial charge in [0.25, 0.3) is 0 Å². The second-order valence-corrected chi connectivity index (χ2v) is 6.36. The van der Waals surface area contributed by atoms with Gasteiger partial charge in [-0.05, 0) is 37.3 Å². The van der Waals surface area contributed by atoms with Crippen molar-refractivity contribution in [3.63, 3.8) is 0 Å². The van der Waals surface area contributed by atoms with Crippen molar-refractivity contribution in [1.82, 2.24) is 14.6 Å². The maximum atomic E-state index is 6.11. The monoisotopic (exact) mass is 364 g/mol. The van der Waals surface area contributed by atoms with Crippen LogP contribution in [-0.2, 0) is 0 Å². The standard InChI is InChI=1S/C20H17ClN4O/c1-13-12-22-25-19(23-15-7-5-6-14(21)10-15)11-17(24-20(13)25)16-8-3-4-9-18(16)26-2/h3-12,23H,1-2H3. The molecule has 5 nitrogen and oxygen atoms in total. The Morgan fingerprint density at radius 1 is 1.08 bits per heavy atom. The van der Waals surface area contributed by atoms with Crippen molar-refractivity contribution in [3.8, 4) is 17.0 Å². The Hall–Kier alpha value is -3.05. The van der Waals surface area contributed by atoms with E-state index in [2.05, 4.69) is 10.4 Å². The molecule has 130 valence electrons. The van der Waals surface area contributed by atoms with Gasteiger partial charge in [0, 0.05) is 27.9 Å². The zero-order valence-corrected chi connectivity index (χ0v) is 15.2. The molecule has 6 heteroatoms. The molecular formula is C20H17ClN4O. The lowest BCUT2D eigenvalue weighted by Crippen LogP contribution is -2.03. The summed E-state index contributed by atoms with van der Waals surface area (Å²) in [6.07, 6.45) is 1.80. The van der Waals surface area contributed by atoms with Crippen molar-refractivity contribution in [3.05, 3.63) is 71.4 Å². The quantitative estimate of drug-likeness (QED) is 0.546. The number of para-hydroxylation sites is 1. The molecule has 0 aliphatic carbocycles. The van der Waals surface area contributed by atoms with Crippen molar-refractivity contribution in [1.29, 1.82) is 0 Å². The fourth-order valence-electron chi connectivity index (χ4n) is 2.87. The van der Waals surface area contributed by atoms with E-state index in [-0.39, 0.29) is 0 Å². The summed E-state index contributed by atoms with van der Waals surface area (Å²) in [5.74, 6) is 1.57. The van der Waals surface area contributed by atoms with Crippen LogP contribution in [-0.4, -0.2) is 21.7 Å². The van der Waals surface area contributed by atoms with Crippen LogP contribution in [0, 0.1) is 6.92 Å². The van der Waals surface area contributed by atoms with E-state index in [1.165, 1.54) is 0 Å². The normalized spacial score (nSPS) is 10.9. The zero-order valence-electron chi connectivity index (χ0n) is 14.4. The van der Waals surface area contributed by atoms with E-state index in [1.54, 1.807) is 17.8 Å². The predicted molar refractivity (Wildman–Crippen MR) is 104 cm³/mol. The minimum absolute atomic E-state index is 0.668. The van der Waals surface area contributed by atoms with Gasteiger partial charge >= 0.3 is 0 Å². The second kappa shape index (κ2) is 6.69. The molecule has 2 aromatic carbocycles. The summed E-state index contributed by atoms with van der Waals surface area (Å²) in [6.45, 7) is 1.99. The van der Waals surface area contributed by atoms with E-state index < -0.39 is 0 Å². The number of anilines is 2. The summed E-state index contributed by atoms with van der Waals surface area (Å²) in [5.41, 5.74) is 4.40. The second-order valence-electron chi connectivity index (χ2n) is 5.93. The highest BCUT2D eigenvalue weighted by Crippen LogP contribution is 2.31. The minimum Gasteiger partial charge on any atom is -0.496 e. The van der Waals surface area contributed by atoms with Crippen molar-refractivity contribution >= 4 is 28.8 Å². The van der Waals surface area contributed by atoms with Gasteiger partial charge in [0.2, 0.25) is 0 Å². The summed E-state index contributed by atoms with van der Waals surface area (Å²) in [6, 6.07) is 17.3. The fraction of sp³-hybridized carbons (Fsp3) is 0.100. The number of fused-ring (bicyclic) bond motifs is 1. The molecule has 4 aromatic rings. The number of hydrogen-bond donors (Lipinski definition) is 1. The molecule has 2 aromatic heterocycles. The van der Waals surface area contributed by atoms with Gasteiger partial charge in [0.1, 0.15) is 11.6 Å². The van der Waals surface area contributed by atoms with E-state index in [4.69, 9.17) is 21.3 Å². The largest absolute Gasteiger partial charge is 0.496 e. The number of ether oxygens (including phenoxy) is 1. The molecule has 1 N–H and O–H groups in total. The van der Waals surface area contributed by atoms with Gasteiger partial charge in [-0.15, -0.1) is 0 Å². The highest BCUT2D eigenvalue weighted by molar-refractivity contribution is 6.30. The molecule has 0 fully saturated rings. The smallest absolute Gasteiger partial charge is 0.160 e. The minimum atomic E-state index is 0.668. The molecule has 0 atom stereocenters. The lowest BCUT2D eigenvalue weighted by Gasteiger charge is -2.13. The number of rotatable bonds is 4. The van der Waals surface area contributed by atoms with E-state index in [0.717, 1.165) is 39.7 Å². The number of hydrogen-bond acceptors (Lipinski definition) is 4.